The lowest BCUT2D eigenvalue weighted by molar-refractivity contribution is 0.483. The van der Waals surface area contributed by atoms with Crippen LogP contribution in [-0.4, -0.2) is 13.4 Å². The predicted octanol–water partition coefficient (Wildman–Crippen LogP) is 15.6. The van der Waals surface area contributed by atoms with Gasteiger partial charge in [-0.15, -0.1) is 0 Å². The van der Waals surface area contributed by atoms with E-state index in [2.05, 4.69) is 231 Å². The molecular weight excluding hydrogens is 945 g/mol. The topological polar surface area (TPSA) is 24.9 Å². The van der Waals surface area contributed by atoms with Crippen molar-refractivity contribution in [3.05, 3.63) is 153 Å². The molecule has 0 saturated heterocycles. The van der Waals surface area contributed by atoms with Crippen LogP contribution in [0.1, 0.15) is 158 Å². The molecule has 0 saturated carbocycles. The van der Waals surface area contributed by atoms with Gasteiger partial charge in [0.15, 0.2) is 0 Å². The fourth-order valence-electron chi connectivity index (χ4n) is 11.6. The zero-order valence-corrected chi connectivity index (χ0v) is 48.5. The molecule has 4 nitrogen and oxygen atoms in total. The van der Waals surface area contributed by atoms with Gasteiger partial charge in [-0.1, -0.05) is 184 Å². The quantitative estimate of drug-likeness (QED) is 0.161. The molecule has 0 aromatic heterocycles. The molecule has 0 aliphatic carbocycles. The number of hydrogen-bond donors (Lipinski definition) is 0. The highest BCUT2D eigenvalue weighted by Gasteiger charge is 2.48. The van der Waals surface area contributed by atoms with Crippen LogP contribution in [0, 0.1) is 0 Å². The van der Waals surface area contributed by atoms with Gasteiger partial charge in [0.1, 0.15) is 23.0 Å². The molecule has 7 aromatic rings. The fourth-order valence-corrected chi connectivity index (χ4v) is 12.0. The molecule has 7 aromatic carbocycles. The van der Waals surface area contributed by atoms with E-state index in [1.807, 2.05) is 12.1 Å². The average Bonchev–Trinajstić information content (AvgIpc) is 3.28. The van der Waals surface area contributed by atoms with Crippen LogP contribution in [0.2, 0.25) is 10.0 Å². The number of halogens is 2. The van der Waals surface area contributed by atoms with E-state index in [-0.39, 0.29) is 45.9 Å². The van der Waals surface area contributed by atoms with Crippen LogP contribution in [0.25, 0.3) is 0 Å². The van der Waals surface area contributed by atoms with Gasteiger partial charge in [0.05, 0.1) is 0 Å². The second-order valence-corrected chi connectivity index (χ2v) is 28.8. The number of rotatable bonds is 2. The van der Waals surface area contributed by atoms with E-state index in [1.165, 1.54) is 44.3 Å². The molecule has 0 fully saturated rings. The Balaban J connectivity index is 1.30. The Hall–Kier alpha value is -5.55. The van der Waals surface area contributed by atoms with Gasteiger partial charge in [-0.05, 0) is 171 Å². The Labute approximate surface area is 453 Å². The van der Waals surface area contributed by atoms with Gasteiger partial charge in [0.2, 0.25) is 0 Å². The molecule has 0 N–H and O–H groups in total. The molecule has 0 amide bonds. The summed E-state index contributed by atoms with van der Waals surface area (Å²) in [4.78, 5) is 5.01. The Morgan fingerprint density at radius 2 is 0.622 bits per heavy atom. The first-order chi connectivity index (χ1) is 34.3. The third-order valence-corrected chi connectivity index (χ3v) is 16.6. The van der Waals surface area contributed by atoms with E-state index >= 15 is 0 Å². The Kier molecular flexibility index (Phi) is 11.3. The molecule has 0 bridgehead atoms. The van der Waals surface area contributed by atoms with Crippen molar-refractivity contribution in [3.63, 3.8) is 0 Å². The van der Waals surface area contributed by atoms with Crippen LogP contribution in [0.4, 0.5) is 34.1 Å². The maximum absolute atomic E-state index is 7.35. The molecule has 378 valence electrons. The third-order valence-electron chi connectivity index (χ3n) is 16.1. The highest BCUT2D eigenvalue weighted by molar-refractivity contribution is 7.01. The molecule has 0 unspecified atom stereocenters. The summed E-state index contributed by atoms with van der Waals surface area (Å²) in [6.45, 7) is 41.0. The van der Waals surface area contributed by atoms with E-state index < -0.39 is 0 Å². The van der Waals surface area contributed by atoms with Gasteiger partial charge in [0.25, 0.3) is 13.4 Å². The Morgan fingerprint density at radius 1 is 0.311 bits per heavy atom. The van der Waals surface area contributed by atoms with Crippen molar-refractivity contribution in [2.24, 2.45) is 0 Å². The van der Waals surface area contributed by atoms with Crippen molar-refractivity contribution < 1.29 is 9.47 Å². The van der Waals surface area contributed by atoms with E-state index in [0.717, 1.165) is 79.0 Å². The number of hydrogen-bond acceptors (Lipinski definition) is 4. The lowest BCUT2D eigenvalue weighted by atomic mass is 9.31. The van der Waals surface area contributed by atoms with Gasteiger partial charge in [-0.2, -0.15) is 0 Å². The van der Waals surface area contributed by atoms with E-state index in [1.54, 1.807) is 0 Å². The summed E-state index contributed by atoms with van der Waals surface area (Å²) >= 11 is 14.7. The van der Waals surface area contributed by atoms with Crippen LogP contribution < -0.4 is 52.1 Å². The summed E-state index contributed by atoms with van der Waals surface area (Å²) < 4.78 is 14.3. The van der Waals surface area contributed by atoms with Crippen LogP contribution in [0.3, 0.4) is 0 Å². The first kappa shape index (κ1) is 50.6. The van der Waals surface area contributed by atoms with Crippen LogP contribution in [0.5, 0.6) is 23.0 Å². The maximum atomic E-state index is 7.35. The lowest BCUT2D eigenvalue weighted by Gasteiger charge is -2.45. The second-order valence-electron chi connectivity index (χ2n) is 27.9. The number of nitrogens with zero attached hydrogens (tertiary/aromatic N) is 2. The number of fused-ring (bicyclic) bond motifs is 8. The molecule has 74 heavy (non-hydrogen) atoms. The van der Waals surface area contributed by atoms with Crippen LogP contribution in [0.15, 0.2) is 109 Å². The lowest BCUT2D eigenvalue weighted by Crippen LogP contribution is -2.63. The second kappa shape index (κ2) is 16.5. The number of anilines is 6. The van der Waals surface area contributed by atoms with E-state index in [9.17, 15) is 0 Å². The van der Waals surface area contributed by atoms with Crippen molar-refractivity contribution in [2.45, 2.75) is 157 Å². The minimum atomic E-state index is -0.181. The highest BCUT2D eigenvalue weighted by atomic mass is 35.5. The normalized spacial score (nSPS) is 14.9. The number of ether oxygens (including phenoxy) is 2. The minimum absolute atomic E-state index is 0.0868. The Bertz CT molecular complexity index is 3220. The monoisotopic (exact) mass is 1020 g/mol. The average molecular weight is 1020 g/mol. The summed E-state index contributed by atoms with van der Waals surface area (Å²) in [5.74, 6) is 3.30. The van der Waals surface area contributed by atoms with Gasteiger partial charge >= 0.3 is 0 Å². The molecular formula is C66H72B2Cl2N2O2. The molecule has 4 heterocycles. The first-order valence-electron chi connectivity index (χ1n) is 26.7. The zero-order valence-electron chi connectivity index (χ0n) is 47.0. The van der Waals surface area contributed by atoms with Gasteiger partial charge in [-0.25, -0.2) is 0 Å². The van der Waals surface area contributed by atoms with E-state index in [4.69, 9.17) is 32.7 Å². The molecule has 0 atom stereocenters. The van der Waals surface area contributed by atoms with Crippen LogP contribution >= 0.6 is 23.2 Å². The van der Waals surface area contributed by atoms with Gasteiger partial charge < -0.3 is 19.3 Å². The highest BCUT2D eigenvalue weighted by Crippen LogP contribution is 2.49. The summed E-state index contributed by atoms with van der Waals surface area (Å²) in [7, 11) is 0. The predicted molar refractivity (Wildman–Crippen MR) is 320 cm³/mol. The fraction of sp³-hybridized carbons (Fsp3) is 0.364. The zero-order chi connectivity index (χ0) is 53.3. The van der Waals surface area contributed by atoms with Crippen molar-refractivity contribution in [1.29, 1.82) is 0 Å². The van der Waals surface area contributed by atoms with Crippen molar-refractivity contribution in [1.82, 2.24) is 0 Å². The third kappa shape index (κ3) is 8.37. The maximum Gasteiger partial charge on any atom is 0.256 e. The molecule has 8 heteroatoms. The van der Waals surface area contributed by atoms with Crippen molar-refractivity contribution in [2.75, 3.05) is 9.80 Å². The summed E-state index contributed by atoms with van der Waals surface area (Å²) in [5.41, 5.74) is 20.2. The standard InChI is InChI=1S/C66H72B2Cl2N2O2/c1-61(2,3)37-19-21-47-55(29-37)73-57-33-43(69)31-53-59(57)67(47)49-35-52-50(36-51(49)71(53)45-25-39(63(7,8)9)23-40(26-45)64(10,11)12)68-48-22-20-38(62(4,5)6)30-56(48)74-58-34-44(70)32-54(60(58)68)72(52)46-27-41(65(13,14)15)24-42(28-46)66(16,17)18/h19-36H,1-18H3. The molecule has 11 rings (SSSR count). The summed E-state index contributed by atoms with van der Waals surface area (Å²) in [6, 6.07) is 41.7. The van der Waals surface area contributed by atoms with Crippen molar-refractivity contribution >= 4 is 104 Å². The molecule has 4 aliphatic rings. The SMILES string of the molecule is CC(C)(C)c1cc(N2c3cc4c(cc3B3c5ccc(C(C)(C)C)cc5Oc5cc(Cl)cc2c53)N(c2cc(C(C)(C)C)cc(C(C)(C)C)c2)c2cc(Cl)cc3c2B4c2ccc(C(C)(C)C)cc2O3)cc(C(C)(C)C)c1. The minimum Gasteiger partial charge on any atom is -0.458 e. The summed E-state index contributed by atoms with van der Waals surface area (Å²) in [5, 5.41) is 1.26. The van der Waals surface area contributed by atoms with Gasteiger partial charge in [-0.3, -0.25) is 0 Å². The van der Waals surface area contributed by atoms with Crippen molar-refractivity contribution in [3.8, 4) is 23.0 Å². The molecule has 0 spiro atoms. The largest absolute Gasteiger partial charge is 0.458 e. The summed E-state index contributed by atoms with van der Waals surface area (Å²) in [6.07, 6.45) is 0. The number of benzene rings is 7. The molecule has 0 radical (unpaired) electrons. The van der Waals surface area contributed by atoms with E-state index in [0.29, 0.717) is 10.0 Å². The van der Waals surface area contributed by atoms with Gasteiger partial charge in [0, 0.05) is 44.2 Å². The van der Waals surface area contributed by atoms with Crippen LogP contribution in [-0.2, 0) is 32.5 Å². The Morgan fingerprint density at radius 3 is 0.919 bits per heavy atom. The first-order valence-corrected chi connectivity index (χ1v) is 27.4. The smallest absolute Gasteiger partial charge is 0.256 e. The molecule has 4 aliphatic heterocycles.